The van der Waals surface area contributed by atoms with Crippen LogP contribution in [-0.2, 0) is 0 Å². The molecule has 0 saturated carbocycles. The Balaban J connectivity index is 2.02. The van der Waals surface area contributed by atoms with E-state index in [1.165, 1.54) is 0 Å². The highest BCUT2D eigenvalue weighted by Crippen LogP contribution is 2.25. The van der Waals surface area contributed by atoms with E-state index >= 15 is 0 Å². The van der Waals surface area contributed by atoms with Crippen LogP contribution in [0.1, 0.15) is 18.7 Å². The molecule has 0 aliphatic carbocycles. The molecule has 3 heterocycles. The highest BCUT2D eigenvalue weighted by molar-refractivity contribution is 5.37. The third kappa shape index (κ3) is 1.33. The number of hydrogen-bond acceptors (Lipinski definition) is 3. The first-order valence-corrected chi connectivity index (χ1v) is 5.36. The summed E-state index contributed by atoms with van der Waals surface area (Å²) >= 11 is 0. The molecule has 1 N–H and O–H groups in total. The maximum absolute atomic E-state index is 4.28. The number of nitrogens with zero attached hydrogens (tertiary/aromatic N) is 3. The lowest BCUT2D eigenvalue weighted by Crippen LogP contribution is -2.45. The van der Waals surface area contributed by atoms with E-state index in [1.807, 2.05) is 24.4 Å². The quantitative estimate of drug-likeness (QED) is 0.791. The van der Waals surface area contributed by atoms with Gasteiger partial charge in [0.25, 0.3) is 0 Å². The van der Waals surface area contributed by atoms with Gasteiger partial charge in [0.05, 0.1) is 0 Å². The molecule has 4 heteroatoms. The fourth-order valence-corrected chi connectivity index (χ4v) is 2.05. The lowest BCUT2D eigenvalue weighted by molar-refractivity contribution is 0.295. The Morgan fingerprint density at radius 3 is 3.00 bits per heavy atom. The lowest BCUT2D eigenvalue weighted by atomic mass is 9.88. The fourth-order valence-electron chi connectivity index (χ4n) is 2.05. The Labute approximate surface area is 88.3 Å². The average Bonchev–Trinajstić information content (AvgIpc) is 2.58. The van der Waals surface area contributed by atoms with Crippen molar-refractivity contribution < 1.29 is 0 Å². The van der Waals surface area contributed by atoms with Crippen LogP contribution in [0.15, 0.2) is 24.4 Å². The van der Waals surface area contributed by atoms with Gasteiger partial charge < -0.3 is 5.32 Å². The van der Waals surface area contributed by atoms with Gasteiger partial charge in [-0.15, -0.1) is 10.2 Å². The normalized spacial score (nSPS) is 19.0. The summed E-state index contributed by atoms with van der Waals surface area (Å²) in [5, 5.41) is 11.8. The molecule has 1 fully saturated rings. The predicted octanol–water partition coefficient (Wildman–Crippen LogP) is 1.05. The van der Waals surface area contributed by atoms with Crippen molar-refractivity contribution in [3.8, 4) is 0 Å². The number of hydrogen-bond donors (Lipinski definition) is 1. The minimum atomic E-state index is 0.476. The van der Waals surface area contributed by atoms with Crippen LogP contribution in [0.5, 0.6) is 0 Å². The van der Waals surface area contributed by atoms with Crippen molar-refractivity contribution in [2.24, 2.45) is 5.92 Å². The van der Waals surface area contributed by atoms with E-state index in [9.17, 15) is 0 Å². The number of nitrogens with one attached hydrogen (secondary N) is 1. The van der Waals surface area contributed by atoms with E-state index < -0.39 is 0 Å². The Hall–Kier alpha value is -1.42. The predicted molar refractivity (Wildman–Crippen MR) is 57.8 cm³/mol. The molecule has 1 atom stereocenters. The molecule has 1 aliphatic rings. The lowest BCUT2D eigenvalue weighted by Gasteiger charge is -2.31. The molecule has 3 rings (SSSR count). The van der Waals surface area contributed by atoms with Crippen LogP contribution in [0.3, 0.4) is 0 Å². The van der Waals surface area contributed by atoms with Crippen molar-refractivity contribution >= 4 is 5.65 Å². The maximum atomic E-state index is 4.28. The third-order valence-electron chi connectivity index (χ3n) is 3.27. The van der Waals surface area contributed by atoms with Gasteiger partial charge in [-0.05, 0) is 31.1 Å². The molecule has 0 bridgehead atoms. The van der Waals surface area contributed by atoms with Crippen molar-refractivity contribution in [2.45, 2.75) is 12.8 Å². The SMILES string of the molecule is CC(c1nnc2ccccn12)C1CNC1. The fraction of sp³-hybridized carbons (Fsp3) is 0.455. The van der Waals surface area contributed by atoms with E-state index in [4.69, 9.17) is 0 Å². The van der Waals surface area contributed by atoms with E-state index in [0.717, 1.165) is 24.6 Å². The first-order chi connectivity index (χ1) is 7.36. The van der Waals surface area contributed by atoms with Crippen LogP contribution in [0.25, 0.3) is 5.65 Å². The minimum Gasteiger partial charge on any atom is -0.316 e. The topological polar surface area (TPSA) is 42.2 Å². The smallest absolute Gasteiger partial charge is 0.160 e. The second-order valence-electron chi connectivity index (χ2n) is 4.19. The molecule has 4 nitrogen and oxygen atoms in total. The molecule has 0 aromatic carbocycles. The van der Waals surface area contributed by atoms with Crippen molar-refractivity contribution in [1.82, 2.24) is 19.9 Å². The highest BCUT2D eigenvalue weighted by Gasteiger charge is 2.27. The number of fused-ring (bicyclic) bond motifs is 1. The molecule has 1 saturated heterocycles. The van der Waals surface area contributed by atoms with Crippen molar-refractivity contribution in [3.63, 3.8) is 0 Å². The molecular weight excluding hydrogens is 188 g/mol. The summed E-state index contributed by atoms with van der Waals surface area (Å²) in [5.74, 6) is 2.26. The zero-order valence-corrected chi connectivity index (χ0v) is 8.72. The van der Waals surface area contributed by atoms with Gasteiger partial charge in [-0.1, -0.05) is 13.0 Å². The van der Waals surface area contributed by atoms with Gasteiger partial charge in [-0.25, -0.2) is 0 Å². The number of pyridine rings is 1. The summed E-state index contributed by atoms with van der Waals surface area (Å²) in [6.07, 6.45) is 2.03. The summed E-state index contributed by atoms with van der Waals surface area (Å²) in [4.78, 5) is 0. The van der Waals surface area contributed by atoms with Crippen LogP contribution >= 0.6 is 0 Å². The van der Waals surface area contributed by atoms with Gasteiger partial charge in [0.1, 0.15) is 5.82 Å². The van der Waals surface area contributed by atoms with Gasteiger partial charge in [0, 0.05) is 12.1 Å². The van der Waals surface area contributed by atoms with Gasteiger partial charge in [0.2, 0.25) is 0 Å². The first kappa shape index (κ1) is 8.85. The first-order valence-electron chi connectivity index (χ1n) is 5.36. The summed E-state index contributed by atoms with van der Waals surface area (Å²) in [5.41, 5.74) is 0.937. The standard InChI is InChI=1S/C11H14N4/c1-8(9-6-12-7-9)11-14-13-10-4-2-3-5-15(10)11/h2-5,8-9,12H,6-7H2,1H3. The van der Waals surface area contributed by atoms with Crippen molar-refractivity contribution in [3.05, 3.63) is 30.2 Å². The van der Waals surface area contributed by atoms with E-state index in [0.29, 0.717) is 11.8 Å². The largest absolute Gasteiger partial charge is 0.316 e. The summed E-state index contributed by atoms with van der Waals surface area (Å²) in [6, 6.07) is 6.00. The van der Waals surface area contributed by atoms with E-state index in [-0.39, 0.29) is 0 Å². The third-order valence-corrected chi connectivity index (χ3v) is 3.27. The molecule has 0 spiro atoms. The zero-order chi connectivity index (χ0) is 10.3. The van der Waals surface area contributed by atoms with Gasteiger partial charge >= 0.3 is 0 Å². The molecular formula is C11H14N4. The van der Waals surface area contributed by atoms with Crippen LogP contribution in [0.2, 0.25) is 0 Å². The Kier molecular flexibility index (Phi) is 1.95. The molecule has 1 unspecified atom stereocenters. The van der Waals surface area contributed by atoms with Gasteiger partial charge in [-0.3, -0.25) is 4.40 Å². The van der Waals surface area contributed by atoms with E-state index in [1.54, 1.807) is 0 Å². The zero-order valence-electron chi connectivity index (χ0n) is 8.72. The maximum Gasteiger partial charge on any atom is 0.160 e. The molecule has 2 aromatic heterocycles. The van der Waals surface area contributed by atoms with Crippen LogP contribution in [-0.4, -0.2) is 27.7 Å². The Morgan fingerprint density at radius 1 is 1.40 bits per heavy atom. The number of rotatable bonds is 2. The van der Waals surface area contributed by atoms with Crippen molar-refractivity contribution in [1.29, 1.82) is 0 Å². The molecule has 78 valence electrons. The minimum absolute atomic E-state index is 0.476. The molecule has 15 heavy (non-hydrogen) atoms. The molecule has 0 radical (unpaired) electrons. The Bertz CT molecular complexity index is 472. The van der Waals surface area contributed by atoms with Crippen molar-refractivity contribution in [2.75, 3.05) is 13.1 Å². The van der Waals surface area contributed by atoms with Gasteiger partial charge in [-0.2, -0.15) is 0 Å². The monoisotopic (exact) mass is 202 g/mol. The second-order valence-corrected chi connectivity index (χ2v) is 4.19. The highest BCUT2D eigenvalue weighted by atomic mass is 15.2. The van der Waals surface area contributed by atoms with E-state index in [2.05, 4.69) is 26.8 Å². The molecule has 2 aromatic rings. The number of aromatic nitrogens is 3. The van der Waals surface area contributed by atoms with Crippen LogP contribution < -0.4 is 5.32 Å². The second kappa shape index (κ2) is 3.31. The summed E-state index contributed by atoms with van der Waals surface area (Å²) in [6.45, 7) is 4.43. The average molecular weight is 202 g/mol. The van der Waals surface area contributed by atoms with Crippen LogP contribution in [0, 0.1) is 5.92 Å². The Morgan fingerprint density at radius 2 is 2.27 bits per heavy atom. The molecule has 1 aliphatic heterocycles. The summed E-state index contributed by atoms with van der Waals surface area (Å²) < 4.78 is 2.09. The summed E-state index contributed by atoms with van der Waals surface area (Å²) in [7, 11) is 0. The molecule has 0 amide bonds. The van der Waals surface area contributed by atoms with Gasteiger partial charge in [0.15, 0.2) is 5.65 Å². The van der Waals surface area contributed by atoms with Crippen LogP contribution in [0.4, 0.5) is 0 Å².